The molecule has 4 amide bonds. The molecule has 1 aliphatic rings. The van der Waals surface area contributed by atoms with E-state index >= 15 is 0 Å². The molecule has 3 atom stereocenters. The minimum absolute atomic E-state index is 0.198. The van der Waals surface area contributed by atoms with Gasteiger partial charge in [-0.3, -0.25) is 24.1 Å². The van der Waals surface area contributed by atoms with Crippen LogP contribution < -0.4 is 5.32 Å². The van der Waals surface area contributed by atoms with Crippen LogP contribution in [-0.4, -0.2) is 82.3 Å². The van der Waals surface area contributed by atoms with Crippen molar-refractivity contribution in [2.45, 2.75) is 45.4 Å². The molecule has 0 aliphatic carbocycles. The summed E-state index contributed by atoms with van der Waals surface area (Å²) < 4.78 is 0. The molecule has 9 heteroatoms. The first-order valence-corrected chi connectivity index (χ1v) is 12.6. The molecule has 0 bridgehead atoms. The lowest BCUT2D eigenvalue weighted by atomic mass is 9.97. The molecule has 0 saturated heterocycles. The van der Waals surface area contributed by atoms with Gasteiger partial charge in [-0.25, -0.2) is 0 Å². The third kappa shape index (κ3) is 6.66. The van der Waals surface area contributed by atoms with E-state index in [0.717, 1.165) is 5.56 Å². The van der Waals surface area contributed by atoms with Gasteiger partial charge in [-0.1, -0.05) is 74.5 Å². The zero-order valence-electron chi connectivity index (χ0n) is 22.5. The van der Waals surface area contributed by atoms with Gasteiger partial charge in [0.1, 0.15) is 12.6 Å². The van der Waals surface area contributed by atoms with Crippen LogP contribution in [0.1, 0.15) is 31.9 Å². The van der Waals surface area contributed by atoms with E-state index in [4.69, 9.17) is 0 Å². The third-order valence-electron chi connectivity index (χ3n) is 6.46. The Balaban J connectivity index is 1.93. The molecule has 2 unspecified atom stereocenters. The molecule has 0 saturated carbocycles. The Morgan fingerprint density at radius 1 is 1.00 bits per heavy atom. The molecular formula is C29H36N4O5. The fourth-order valence-corrected chi connectivity index (χ4v) is 4.52. The number of rotatable bonds is 9. The lowest BCUT2D eigenvalue weighted by Crippen LogP contribution is -2.57. The highest BCUT2D eigenvalue weighted by molar-refractivity contribution is 5.99. The van der Waals surface area contributed by atoms with Crippen LogP contribution in [0.25, 0.3) is 5.70 Å². The van der Waals surface area contributed by atoms with Gasteiger partial charge < -0.3 is 20.2 Å². The number of carbonyl (C=O) groups excluding carboxylic acids is 4. The Kier molecular flexibility index (Phi) is 9.41. The Morgan fingerprint density at radius 2 is 1.58 bits per heavy atom. The number of hydrogen-bond donors (Lipinski definition) is 2. The quantitative estimate of drug-likeness (QED) is 0.525. The number of likely N-dealkylation sites (N-methyl/N-ethyl adjacent to an activating group) is 1. The standard InChI is InChI=1S/C29H36N4O5/c1-19(2)26-28(37)33(24(17-32(26)20(3)34)22-14-10-7-11-15-22)18-25(35)30-23(27(36)29(38)31(4)5)16-21-12-8-6-9-13-21/h6-15,17,19,23,26-27,36H,16,18H2,1-5H3,(H,30,35)/t23-,26?,27?/m0/s1. The van der Waals surface area contributed by atoms with Crippen molar-refractivity contribution in [3.8, 4) is 0 Å². The molecule has 0 spiro atoms. The zero-order valence-corrected chi connectivity index (χ0v) is 22.5. The highest BCUT2D eigenvalue weighted by Gasteiger charge is 2.40. The van der Waals surface area contributed by atoms with Gasteiger partial charge in [0, 0.05) is 27.2 Å². The number of amides is 4. The highest BCUT2D eigenvalue weighted by atomic mass is 16.3. The van der Waals surface area contributed by atoms with Crippen LogP contribution in [0.5, 0.6) is 0 Å². The Morgan fingerprint density at radius 3 is 2.11 bits per heavy atom. The van der Waals surface area contributed by atoms with E-state index in [1.54, 1.807) is 18.3 Å². The lowest BCUT2D eigenvalue weighted by molar-refractivity contribution is -0.145. The van der Waals surface area contributed by atoms with Crippen molar-refractivity contribution >= 4 is 29.3 Å². The van der Waals surface area contributed by atoms with E-state index < -0.39 is 30.0 Å². The molecular weight excluding hydrogens is 484 g/mol. The van der Waals surface area contributed by atoms with E-state index in [9.17, 15) is 24.3 Å². The summed E-state index contributed by atoms with van der Waals surface area (Å²) in [4.78, 5) is 56.2. The summed E-state index contributed by atoms with van der Waals surface area (Å²) in [6, 6.07) is 16.6. The highest BCUT2D eigenvalue weighted by Crippen LogP contribution is 2.30. The average Bonchev–Trinajstić information content (AvgIpc) is 2.89. The van der Waals surface area contributed by atoms with E-state index in [-0.39, 0.29) is 30.7 Å². The summed E-state index contributed by atoms with van der Waals surface area (Å²) >= 11 is 0. The number of aliphatic hydroxyl groups excluding tert-OH is 1. The molecule has 2 aromatic rings. The number of nitrogens with zero attached hydrogens (tertiary/aromatic N) is 3. The number of nitrogens with one attached hydrogen (secondary N) is 1. The molecule has 0 radical (unpaired) electrons. The summed E-state index contributed by atoms with van der Waals surface area (Å²) in [7, 11) is 3.06. The Hall–Kier alpha value is -3.98. The number of benzene rings is 2. The predicted molar refractivity (Wildman–Crippen MR) is 144 cm³/mol. The van der Waals surface area contributed by atoms with Crippen molar-refractivity contribution in [3.63, 3.8) is 0 Å². The van der Waals surface area contributed by atoms with Crippen molar-refractivity contribution in [1.29, 1.82) is 0 Å². The summed E-state index contributed by atoms with van der Waals surface area (Å²) in [6.45, 7) is 4.75. The predicted octanol–water partition coefficient (Wildman–Crippen LogP) is 1.88. The molecule has 2 N–H and O–H groups in total. The fraction of sp³-hybridized carbons (Fsp3) is 0.379. The maximum Gasteiger partial charge on any atom is 0.253 e. The molecule has 38 heavy (non-hydrogen) atoms. The SMILES string of the molecule is CC(=O)N1C=C(c2ccccc2)N(CC(=O)N[C@@H](Cc2ccccc2)C(O)C(=O)N(C)C)C(=O)C1C(C)C. The van der Waals surface area contributed by atoms with Gasteiger partial charge in [-0.15, -0.1) is 0 Å². The normalized spacial score (nSPS) is 17.1. The number of hydrogen-bond acceptors (Lipinski definition) is 5. The van der Waals surface area contributed by atoms with Crippen molar-refractivity contribution in [1.82, 2.24) is 20.0 Å². The second-order valence-electron chi connectivity index (χ2n) is 9.96. The van der Waals surface area contributed by atoms with Crippen molar-refractivity contribution < 1.29 is 24.3 Å². The summed E-state index contributed by atoms with van der Waals surface area (Å²) in [6.07, 6.45) is 0.352. The fourth-order valence-electron chi connectivity index (χ4n) is 4.52. The van der Waals surface area contributed by atoms with Gasteiger partial charge in [-0.2, -0.15) is 0 Å². The van der Waals surface area contributed by atoms with Gasteiger partial charge in [0.15, 0.2) is 6.10 Å². The van der Waals surface area contributed by atoms with Crippen LogP contribution in [0.4, 0.5) is 0 Å². The van der Waals surface area contributed by atoms with E-state index in [1.165, 1.54) is 35.7 Å². The molecule has 202 valence electrons. The molecule has 2 aromatic carbocycles. The Bertz CT molecular complexity index is 1180. The van der Waals surface area contributed by atoms with Crippen LogP contribution in [-0.2, 0) is 25.6 Å². The van der Waals surface area contributed by atoms with Gasteiger partial charge >= 0.3 is 0 Å². The van der Waals surface area contributed by atoms with E-state index in [1.807, 2.05) is 62.4 Å². The topological polar surface area (TPSA) is 110 Å². The zero-order chi connectivity index (χ0) is 28.0. The van der Waals surface area contributed by atoms with Crippen LogP contribution in [0.2, 0.25) is 0 Å². The van der Waals surface area contributed by atoms with Crippen LogP contribution in [0.3, 0.4) is 0 Å². The van der Waals surface area contributed by atoms with Crippen molar-refractivity contribution in [2.24, 2.45) is 5.92 Å². The summed E-state index contributed by atoms with van der Waals surface area (Å²) in [5.41, 5.74) is 1.92. The maximum atomic E-state index is 13.7. The van der Waals surface area contributed by atoms with Gasteiger partial charge in [0.2, 0.25) is 11.8 Å². The van der Waals surface area contributed by atoms with Gasteiger partial charge in [-0.05, 0) is 23.5 Å². The van der Waals surface area contributed by atoms with Crippen LogP contribution in [0, 0.1) is 5.92 Å². The number of carbonyl (C=O) groups is 4. The minimum atomic E-state index is -1.48. The molecule has 3 rings (SSSR count). The van der Waals surface area contributed by atoms with Crippen LogP contribution in [0.15, 0.2) is 66.9 Å². The number of aliphatic hydroxyl groups is 1. The average molecular weight is 521 g/mol. The first kappa shape index (κ1) is 28.6. The van der Waals surface area contributed by atoms with Gasteiger partial charge in [0.25, 0.3) is 11.8 Å². The summed E-state index contributed by atoms with van der Waals surface area (Å²) in [5.74, 6) is -1.93. The summed E-state index contributed by atoms with van der Waals surface area (Å²) in [5, 5.41) is 13.6. The monoisotopic (exact) mass is 520 g/mol. The molecule has 0 aromatic heterocycles. The van der Waals surface area contributed by atoms with Gasteiger partial charge in [0.05, 0.1) is 11.7 Å². The lowest BCUT2D eigenvalue weighted by Gasteiger charge is -2.40. The first-order valence-electron chi connectivity index (χ1n) is 12.6. The van der Waals surface area contributed by atoms with Crippen molar-refractivity contribution in [2.75, 3.05) is 20.6 Å². The molecule has 9 nitrogen and oxygen atoms in total. The van der Waals surface area contributed by atoms with E-state index in [2.05, 4.69) is 5.32 Å². The Labute approximate surface area is 223 Å². The largest absolute Gasteiger partial charge is 0.381 e. The van der Waals surface area contributed by atoms with E-state index in [0.29, 0.717) is 11.3 Å². The second-order valence-corrected chi connectivity index (χ2v) is 9.96. The first-order chi connectivity index (χ1) is 18.0. The molecule has 1 aliphatic heterocycles. The smallest absolute Gasteiger partial charge is 0.253 e. The third-order valence-corrected chi connectivity index (χ3v) is 6.46. The second kappa shape index (κ2) is 12.5. The molecule has 1 heterocycles. The maximum absolute atomic E-state index is 13.7. The van der Waals surface area contributed by atoms with Crippen LogP contribution >= 0.6 is 0 Å². The van der Waals surface area contributed by atoms with Crippen molar-refractivity contribution in [3.05, 3.63) is 78.0 Å². The molecule has 0 fully saturated rings. The minimum Gasteiger partial charge on any atom is -0.381 e.